The molecule has 2 aromatic rings. The van der Waals surface area contributed by atoms with Gasteiger partial charge in [-0.15, -0.1) is 0 Å². The van der Waals surface area contributed by atoms with Crippen molar-refractivity contribution in [2.45, 2.75) is 0 Å². The van der Waals surface area contributed by atoms with Crippen molar-refractivity contribution >= 4 is 0 Å². The zero-order valence-corrected chi connectivity index (χ0v) is 9.08. The van der Waals surface area contributed by atoms with Crippen molar-refractivity contribution in [3.05, 3.63) is 48.0 Å². The lowest BCUT2D eigenvalue weighted by Gasteiger charge is -2.06. The molecule has 0 atom stereocenters. The first kappa shape index (κ1) is 11.4. The van der Waals surface area contributed by atoms with Crippen molar-refractivity contribution in [2.75, 3.05) is 7.11 Å². The summed E-state index contributed by atoms with van der Waals surface area (Å²) in [4.78, 5) is 0. The fourth-order valence-corrected chi connectivity index (χ4v) is 1.53. The van der Waals surface area contributed by atoms with Crippen LogP contribution in [0.15, 0.2) is 36.4 Å². The highest BCUT2D eigenvalue weighted by molar-refractivity contribution is 5.66. The number of halogens is 2. The monoisotopic (exact) mass is 236 g/mol. The van der Waals surface area contributed by atoms with Gasteiger partial charge in [0.25, 0.3) is 0 Å². The number of benzene rings is 2. The Hall–Kier alpha value is -2.10. The molecule has 0 unspecified atom stereocenters. The summed E-state index contributed by atoms with van der Waals surface area (Å²) in [7, 11) is 1.51. The third kappa shape index (κ3) is 2.20. The molecule has 1 N–H and O–H groups in total. The molecule has 0 fully saturated rings. The summed E-state index contributed by atoms with van der Waals surface area (Å²) in [6.07, 6.45) is 0. The second kappa shape index (κ2) is 4.41. The van der Waals surface area contributed by atoms with Crippen LogP contribution in [0.5, 0.6) is 11.5 Å². The lowest BCUT2D eigenvalue weighted by atomic mass is 10.0. The van der Waals surface area contributed by atoms with Crippen LogP contribution in [-0.2, 0) is 0 Å². The Morgan fingerprint density at radius 2 is 1.65 bits per heavy atom. The van der Waals surface area contributed by atoms with E-state index in [1.807, 2.05) is 0 Å². The first-order valence-corrected chi connectivity index (χ1v) is 4.94. The summed E-state index contributed by atoms with van der Waals surface area (Å²) in [5.74, 6) is -2.33. The van der Waals surface area contributed by atoms with Gasteiger partial charge in [0, 0.05) is 0 Å². The van der Waals surface area contributed by atoms with Gasteiger partial charge in [0.2, 0.25) is 0 Å². The minimum atomic E-state index is -0.984. The molecule has 0 spiro atoms. The normalized spacial score (nSPS) is 10.3. The molecule has 0 amide bonds. The average molecular weight is 236 g/mol. The van der Waals surface area contributed by atoms with E-state index in [0.29, 0.717) is 16.9 Å². The zero-order chi connectivity index (χ0) is 12.4. The molecule has 0 saturated carbocycles. The predicted molar refractivity (Wildman–Crippen MR) is 60.0 cm³/mol. The van der Waals surface area contributed by atoms with E-state index in [0.717, 1.165) is 12.1 Å². The van der Waals surface area contributed by atoms with Crippen LogP contribution in [0.1, 0.15) is 0 Å². The third-order valence-corrected chi connectivity index (χ3v) is 2.42. The number of phenols is 1. The lowest BCUT2D eigenvalue weighted by Crippen LogP contribution is -1.88. The highest BCUT2D eigenvalue weighted by atomic mass is 19.1. The second-order valence-corrected chi connectivity index (χ2v) is 3.52. The summed E-state index contributed by atoms with van der Waals surface area (Å²) in [5.41, 5.74) is 0.957. The van der Waals surface area contributed by atoms with Gasteiger partial charge in [-0.2, -0.15) is 0 Å². The molecule has 0 saturated heterocycles. The maximum atomic E-state index is 13.2. The van der Waals surface area contributed by atoms with Gasteiger partial charge in [0.1, 0.15) is 5.75 Å². The molecule has 88 valence electrons. The molecule has 2 rings (SSSR count). The Balaban J connectivity index is 2.52. The largest absolute Gasteiger partial charge is 0.503 e. The Morgan fingerprint density at radius 3 is 2.24 bits per heavy atom. The molecule has 0 radical (unpaired) electrons. The van der Waals surface area contributed by atoms with Gasteiger partial charge in [0.15, 0.2) is 17.4 Å². The van der Waals surface area contributed by atoms with Gasteiger partial charge >= 0.3 is 0 Å². The van der Waals surface area contributed by atoms with E-state index in [9.17, 15) is 8.78 Å². The zero-order valence-electron chi connectivity index (χ0n) is 9.08. The first-order valence-electron chi connectivity index (χ1n) is 4.94. The Labute approximate surface area is 97.1 Å². The molecule has 0 aliphatic rings. The van der Waals surface area contributed by atoms with E-state index >= 15 is 0 Å². The van der Waals surface area contributed by atoms with Crippen molar-refractivity contribution in [3.8, 4) is 22.6 Å². The minimum Gasteiger partial charge on any atom is -0.503 e. The summed E-state index contributed by atoms with van der Waals surface area (Å²) in [6.45, 7) is 0. The molecular formula is C13H10F2O2. The van der Waals surface area contributed by atoms with Crippen molar-refractivity contribution in [2.24, 2.45) is 0 Å². The highest BCUT2D eigenvalue weighted by Gasteiger charge is 2.10. The standard InChI is InChI=1S/C13H10F2O2/c1-17-10-4-2-3-8(5-10)9-6-11(14)13(16)12(15)7-9/h2-7,16H,1H3. The van der Waals surface area contributed by atoms with Crippen LogP contribution in [0.3, 0.4) is 0 Å². The van der Waals surface area contributed by atoms with E-state index in [-0.39, 0.29) is 0 Å². The van der Waals surface area contributed by atoms with Crippen LogP contribution in [0, 0.1) is 11.6 Å². The molecule has 0 bridgehead atoms. The number of hydrogen-bond acceptors (Lipinski definition) is 2. The van der Waals surface area contributed by atoms with E-state index in [1.54, 1.807) is 24.3 Å². The maximum Gasteiger partial charge on any atom is 0.187 e. The number of phenolic OH excluding ortho intramolecular Hbond substituents is 1. The van der Waals surface area contributed by atoms with Crippen LogP contribution in [0.4, 0.5) is 8.78 Å². The highest BCUT2D eigenvalue weighted by Crippen LogP contribution is 2.29. The Kier molecular flexibility index (Phi) is 2.95. The summed E-state index contributed by atoms with van der Waals surface area (Å²) < 4.78 is 31.4. The molecule has 0 heterocycles. The van der Waals surface area contributed by atoms with Gasteiger partial charge in [-0.05, 0) is 35.4 Å². The Bertz CT molecular complexity index is 530. The van der Waals surface area contributed by atoms with Gasteiger partial charge in [-0.3, -0.25) is 0 Å². The minimum absolute atomic E-state index is 0.344. The molecule has 0 aliphatic heterocycles. The summed E-state index contributed by atoms with van der Waals surface area (Å²) in [5, 5.41) is 9.00. The third-order valence-electron chi connectivity index (χ3n) is 2.42. The molecular weight excluding hydrogens is 226 g/mol. The number of ether oxygens (including phenoxy) is 1. The molecule has 2 nitrogen and oxygen atoms in total. The van der Waals surface area contributed by atoms with Crippen LogP contribution < -0.4 is 4.74 Å². The van der Waals surface area contributed by atoms with Gasteiger partial charge in [-0.25, -0.2) is 8.78 Å². The second-order valence-electron chi connectivity index (χ2n) is 3.52. The Morgan fingerprint density at radius 1 is 1.00 bits per heavy atom. The van der Waals surface area contributed by atoms with Crippen molar-refractivity contribution in [3.63, 3.8) is 0 Å². The maximum absolute atomic E-state index is 13.2. The molecule has 17 heavy (non-hydrogen) atoms. The smallest absolute Gasteiger partial charge is 0.187 e. The van der Waals surface area contributed by atoms with Crippen LogP contribution >= 0.6 is 0 Å². The van der Waals surface area contributed by atoms with Crippen molar-refractivity contribution in [1.29, 1.82) is 0 Å². The van der Waals surface area contributed by atoms with Crippen LogP contribution in [0.25, 0.3) is 11.1 Å². The number of aromatic hydroxyl groups is 1. The average Bonchev–Trinajstić information content (AvgIpc) is 2.35. The van der Waals surface area contributed by atoms with Crippen LogP contribution in [0.2, 0.25) is 0 Å². The number of rotatable bonds is 2. The SMILES string of the molecule is COc1cccc(-c2cc(F)c(O)c(F)c2)c1. The van der Waals surface area contributed by atoms with Crippen molar-refractivity contribution in [1.82, 2.24) is 0 Å². The molecule has 0 aromatic heterocycles. The predicted octanol–water partition coefficient (Wildman–Crippen LogP) is 3.35. The quantitative estimate of drug-likeness (QED) is 0.866. The molecule has 4 heteroatoms. The summed E-state index contributed by atoms with van der Waals surface area (Å²) in [6, 6.07) is 8.97. The van der Waals surface area contributed by atoms with E-state index in [2.05, 4.69) is 0 Å². The first-order chi connectivity index (χ1) is 8.11. The molecule has 2 aromatic carbocycles. The van der Waals surface area contributed by atoms with Gasteiger partial charge in [0.05, 0.1) is 7.11 Å². The van der Waals surface area contributed by atoms with Crippen molar-refractivity contribution < 1.29 is 18.6 Å². The van der Waals surface area contributed by atoms with E-state index in [4.69, 9.17) is 9.84 Å². The van der Waals surface area contributed by atoms with Gasteiger partial charge < -0.3 is 9.84 Å². The fourth-order valence-electron chi connectivity index (χ4n) is 1.53. The molecule has 0 aliphatic carbocycles. The van der Waals surface area contributed by atoms with Gasteiger partial charge in [-0.1, -0.05) is 12.1 Å². The van der Waals surface area contributed by atoms with Crippen LogP contribution in [-0.4, -0.2) is 12.2 Å². The van der Waals surface area contributed by atoms with E-state index in [1.165, 1.54) is 7.11 Å². The number of methoxy groups -OCH3 is 1. The topological polar surface area (TPSA) is 29.5 Å². The lowest BCUT2D eigenvalue weighted by molar-refractivity contribution is 0.396. The summed E-state index contributed by atoms with van der Waals surface area (Å²) >= 11 is 0. The fraction of sp³-hybridized carbons (Fsp3) is 0.0769. The van der Waals surface area contributed by atoms with E-state index < -0.39 is 17.4 Å². The number of hydrogen-bond donors (Lipinski definition) is 1.